The minimum absolute atomic E-state index is 0.00896. The summed E-state index contributed by atoms with van der Waals surface area (Å²) in [5, 5.41) is 3.46. The maximum atomic E-state index is 13.1. The molecule has 0 radical (unpaired) electrons. The maximum absolute atomic E-state index is 13.1. The van der Waals surface area contributed by atoms with Crippen molar-refractivity contribution in [3.05, 3.63) is 70.2 Å². The van der Waals surface area contributed by atoms with Crippen LogP contribution in [0.4, 0.5) is 0 Å². The van der Waals surface area contributed by atoms with Gasteiger partial charge < -0.3 is 10.2 Å². The summed E-state index contributed by atoms with van der Waals surface area (Å²) in [6.45, 7) is 0.638. The molecule has 128 valence electrons. The summed E-state index contributed by atoms with van der Waals surface area (Å²) >= 11 is 6.20. The molecular weight excluding hydrogens is 336 g/mol. The second kappa shape index (κ2) is 6.52. The van der Waals surface area contributed by atoms with Gasteiger partial charge in [0.1, 0.15) is 6.04 Å². The number of hydrogen-bond donors (Lipinski definition) is 1. The monoisotopic (exact) mass is 354 g/mol. The van der Waals surface area contributed by atoms with E-state index in [1.807, 2.05) is 41.3 Å². The van der Waals surface area contributed by atoms with Crippen molar-refractivity contribution in [2.24, 2.45) is 0 Å². The van der Waals surface area contributed by atoms with Crippen LogP contribution in [0.2, 0.25) is 5.02 Å². The Morgan fingerprint density at radius 1 is 1.12 bits per heavy atom. The quantitative estimate of drug-likeness (QED) is 0.901. The Hall–Kier alpha value is -2.33. The Kier molecular flexibility index (Phi) is 4.22. The van der Waals surface area contributed by atoms with Gasteiger partial charge in [-0.3, -0.25) is 9.59 Å². The third-order valence-corrected chi connectivity index (χ3v) is 5.26. The highest BCUT2D eigenvalue weighted by atomic mass is 35.5. The number of fused-ring (bicyclic) bond motifs is 1. The van der Waals surface area contributed by atoms with Crippen LogP contribution < -0.4 is 5.32 Å². The fourth-order valence-electron chi connectivity index (χ4n) is 3.84. The van der Waals surface area contributed by atoms with Crippen LogP contribution in [-0.4, -0.2) is 29.3 Å². The number of halogens is 1. The highest BCUT2D eigenvalue weighted by molar-refractivity contribution is 6.30. The Morgan fingerprint density at radius 2 is 1.96 bits per heavy atom. The minimum atomic E-state index is -0.417. The van der Waals surface area contributed by atoms with E-state index in [2.05, 4.69) is 17.4 Å². The summed E-state index contributed by atoms with van der Waals surface area (Å²) in [5.74, 6) is -0.0552. The van der Waals surface area contributed by atoms with E-state index in [9.17, 15) is 9.59 Å². The summed E-state index contributed by atoms with van der Waals surface area (Å²) in [5.41, 5.74) is 3.39. The zero-order valence-corrected chi connectivity index (χ0v) is 14.5. The molecule has 0 bridgehead atoms. The number of carbonyl (C=O) groups is 2. The van der Waals surface area contributed by atoms with Gasteiger partial charge in [-0.1, -0.05) is 48.0 Å². The Bertz CT molecular complexity index is 836. The van der Waals surface area contributed by atoms with Gasteiger partial charge in [-0.05, 0) is 41.7 Å². The lowest BCUT2D eigenvalue weighted by atomic mass is 9.87. The lowest BCUT2D eigenvalue weighted by molar-refractivity contribution is -0.136. The lowest BCUT2D eigenvalue weighted by Crippen LogP contribution is -2.48. The summed E-state index contributed by atoms with van der Waals surface area (Å²) in [4.78, 5) is 26.5. The third kappa shape index (κ3) is 3.02. The molecule has 2 unspecified atom stereocenters. The van der Waals surface area contributed by atoms with Crippen LogP contribution in [0.1, 0.15) is 35.6 Å². The van der Waals surface area contributed by atoms with Gasteiger partial charge in [0.25, 0.3) is 0 Å². The summed E-state index contributed by atoms with van der Waals surface area (Å²) in [6.07, 6.45) is 1.81. The summed E-state index contributed by atoms with van der Waals surface area (Å²) in [7, 11) is 0. The SMILES string of the molecule is O=C1CCC(C(=O)N2CCc3ccccc3C2c2cccc(Cl)c2)N1. The van der Waals surface area contributed by atoms with Crippen molar-refractivity contribution < 1.29 is 9.59 Å². The van der Waals surface area contributed by atoms with E-state index >= 15 is 0 Å². The van der Waals surface area contributed by atoms with Crippen molar-refractivity contribution in [1.82, 2.24) is 10.2 Å². The second-order valence-corrected chi connectivity index (χ2v) is 7.03. The van der Waals surface area contributed by atoms with Gasteiger partial charge in [-0.15, -0.1) is 0 Å². The number of rotatable bonds is 2. The zero-order chi connectivity index (χ0) is 17.4. The first-order chi connectivity index (χ1) is 12.1. The molecule has 1 saturated heterocycles. The normalized spacial score (nSPS) is 22.4. The van der Waals surface area contributed by atoms with E-state index in [0.29, 0.717) is 24.4 Å². The molecule has 0 aromatic heterocycles. The molecule has 2 amide bonds. The first-order valence-electron chi connectivity index (χ1n) is 8.56. The molecule has 2 heterocycles. The van der Waals surface area contributed by atoms with Gasteiger partial charge >= 0.3 is 0 Å². The molecule has 2 atom stereocenters. The van der Waals surface area contributed by atoms with Crippen molar-refractivity contribution in [3.63, 3.8) is 0 Å². The lowest BCUT2D eigenvalue weighted by Gasteiger charge is -2.39. The molecule has 4 nitrogen and oxygen atoms in total. The van der Waals surface area contributed by atoms with E-state index in [-0.39, 0.29) is 17.9 Å². The summed E-state index contributed by atoms with van der Waals surface area (Å²) < 4.78 is 0. The predicted molar refractivity (Wildman–Crippen MR) is 96.3 cm³/mol. The van der Waals surface area contributed by atoms with E-state index < -0.39 is 6.04 Å². The van der Waals surface area contributed by atoms with Gasteiger partial charge in [-0.2, -0.15) is 0 Å². The molecule has 2 aromatic carbocycles. The molecule has 0 saturated carbocycles. The fraction of sp³-hybridized carbons (Fsp3) is 0.300. The third-order valence-electron chi connectivity index (χ3n) is 5.02. The van der Waals surface area contributed by atoms with Crippen LogP contribution in [0, 0.1) is 0 Å². The first-order valence-corrected chi connectivity index (χ1v) is 8.94. The molecule has 2 aliphatic heterocycles. The standard InChI is InChI=1S/C20H19ClN2O2/c21-15-6-3-5-14(12-15)19-16-7-2-1-4-13(16)10-11-23(19)20(25)17-8-9-18(24)22-17/h1-7,12,17,19H,8-11H2,(H,22,24). The van der Waals surface area contributed by atoms with Crippen LogP contribution in [0.25, 0.3) is 0 Å². The van der Waals surface area contributed by atoms with Gasteiger partial charge in [-0.25, -0.2) is 0 Å². The van der Waals surface area contributed by atoms with Gasteiger partial charge in [0.15, 0.2) is 0 Å². The number of carbonyl (C=O) groups excluding carboxylic acids is 2. The fourth-order valence-corrected chi connectivity index (χ4v) is 4.04. The highest BCUT2D eigenvalue weighted by Crippen LogP contribution is 2.36. The van der Waals surface area contributed by atoms with E-state index in [4.69, 9.17) is 11.6 Å². The van der Waals surface area contributed by atoms with Crippen molar-refractivity contribution >= 4 is 23.4 Å². The molecule has 2 aromatic rings. The highest BCUT2D eigenvalue weighted by Gasteiger charge is 2.37. The van der Waals surface area contributed by atoms with E-state index in [0.717, 1.165) is 17.5 Å². The van der Waals surface area contributed by atoms with E-state index in [1.54, 1.807) is 0 Å². The molecule has 4 rings (SSSR count). The van der Waals surface area contributed by atoms with Crippen LogP contribution >= 0.6 is 11.6 Å². The minimum Gasteiger partial charge on any atom is -0.344 e. The number of hydrogen-bond acceptors (Lipinski definition) is 2. The first kappa shape index (κ1) is 16.2. The van der Waals surface area contributed by atoms with Gasteiger partial charge in [0, 0.05) is 18.0 Å². The van der Waals surface area contributed by atoms with Gasteiger partial charge in [0.2, 0.25) is 11.8 Å². The number of nitrogens with one attached hydrogen (secondary N) is 1. The Labute approximate surface area is 151 Å². The molecule has 0 aliphatic carbocycles. The number of benzene rings is 2. The smallest absolute Gasteiger partial charge is 0.245 e. The zero-order valence-electron chi connectivity index (χ0n) is 13.7. The molecule has 25 heavy (non-hydrogen) atoms. The number of amides is 2. The summed E-state index contributed by atoms with van der Waals surface area (Å²) in [6, 6.07) is 15.3. The van der Waals surface area contributed by atoms with Crippen molar-refractivity contribution in [3.8, 4) is 0 Å². The largest absolute Gasteiger partial charge is 0.344 e. The maximum Gasteiger partial charge on any atom is 0.245 e. The predicted octanol–water partition coefficient (Wildman–Crippen LogP) is 3.09. The molecular formula is C20H19ClN2O2. The molecule has 2 aliphatic rings. The van der Waals surface area contributed by atoms with Crippen LogP contribution in [0.3, 0.4) is 0 Å². The van der Waals surface area contributed by atoms with Crippen molar-refractivity contribution in [1.29, 1.82) is 0 Å². The molecule has 0 spiro atoms. The van der Waals surface area contributed by atoms with Crippen molar-refractivity contribution in [2.45, 2.75) is 31.3 Å². The molecule has 1 fully saturated rings. The van der Waals surface area contributed by atoms with Crippen LogP contribution in [-0.2, 0) is 16.0 Å². The van der Waals surface area contributed by atoms with Crippen LogP contribution in [0.5, 0.6) is 0 Å². The average molecular weight is 355 g/mol. The van der Waals surface area contributed by atoms with Crippen LogP contribution in [0.15, 0.2) is 48.5 Å². The Morgan fingerprint density at radius 3 is 2.72 bits per heavy atom. The van der Waals surface area contributed by atoms with Gasteiger partial charge in [0.05, 0.1) is 6.04 Å². The Balaban J connectivity index is 1.75. The number of nitrogens with zero attached hydrogens (tertiary/aromatic N) is 1. The molecule has 1 N–H and O–H groups in total. The van der Waals surface area contributed by atoms with E-state index in [1.165, 1.54) is 5.56 Å². The second-order valence-electron chi connectivity index (χ2n) is 6.60. The average Bonchev–Trinajstić information content (AvgIpc) is 3.06. The topological polar surface area (TPSA) is 49.4 Å². The van der Waals surface area contributed by atoms with Crippen molar-refractivity contribution in [2.75, 3.05) is 6.54 Å². The molecule has 5 heteroatoms.